The van der Waals surface area contributed by atoms with Gasteiger partial charge in [0.15, 0.2) is 6.61 Å². The van der Waals surface area contributed by atoms with Crippen molar-refractivity contribution in [3.05, 3.63) is 88.8 Å². The Morgan fingerprint density at radius 2 is 1.94 bits per heavy atom. The largest absolute Gasteiger partial charge is 0.482 e. The number of aromatic nitrogens is 3. The minimum absolute atomic E-state index is 0.200. The summed E-state index contributed by atoms with van der Waals surface area (Å²) in [5.41, 5.74) is 3.97. The van der Waals surface area contributed by atoms with Gasteiger partial charge in [-0.2, -0.15) is 0 Å². The predicted octanol–water partition coefficient (Wildman–Crippen LogP) is 5.91. The number of anilines is 3. The quantitative estimate of drug-likeness (QED) is 0.342. The number of amides is 1. The summed E-state index contributed by atoms with van der Waals surface area (Å²) in [7, 11) is 0. The molecular weight excluding hydrogens is 461 g/mol. The molecule has 0 saturated carbocycles. The van der Waals surface area contributed by atoms with Gasteiger partial charge in [0.2, 0.25) is 5.95 Å². The number of rotatable bonds is 7. The van der Waals surface area contributed by atoms with Gasteiger partial charge in [0.25, 0.3) is 5.91 Å². The van der Waals surface area contributed by atoms with Crippen LogP contribution in [0.15, 0.2) is 73.2 Å². The standard InChI is InChI=1S/C24H19Cl2N5O2/c1-15-4-6-18(29-23(32)14-33-22-7-5-17(25)11-19(22)26)12-21(15)31-24-28-10-8-20(30-24)16-3-2-9-27-13-16/h2-13H,14H2,1H3,(H,29,32)(H,28,30,31). The Bertz CT molecular complexity index is 1290. The lowest BCUT2D eigenvalue weighted by atomic mass is 10.1. The van der Waals surface area contributed by atoms with Gasteiger partial charge in [-0.3, -0.25) is 9.78 Å². The molecule has 7 nitrogen and oxygen atoms in total. The van der Waals surface area contributed by atoms with Crippen molar-refractivity contribution in [2.45, 2.75) is 6.92 Å². The monoisotopic (exact) mass is 479 g/mol. The number of ether oxygens (including phenoxy) is 1. The van der Waals surface area contributed by atoms with Crippen molar-refractivity contribution in [1.82, 2.24) is 15.0 Å². The van der Waals surface area contributed by atoms with Crippen LogP contribution < -0.4 is 15.4 Å². The zero-order valence-electron chi connectivity index (χ0n) is 17.5. The normalized spacial score (nSPS) is 10.5. The molecule has 4 rings (SSSR count). The summed E-state index contributed by atoms with van der Waals surface area (Å²) in [6, 6.07) is 15.9. The number of nitrogens with zero attached hydrogens (tertiary/aromatic N) is 3. The van der Waals surface area contributed by atoms with E-state index in [1.54, 1.807) is 42.9 Å². The van der Waals surface area contributed by atoms with E-state index in [-0.39, 0.29) is 12.5 Å². The van der Waals surface area contributed by atoms with Crippen molar-refractivity contribution in [2.75, 3.05) is 17.2 Å². The summed E-state index contributed by atoms with van der Waals surface area (Å²) >= 11 is 11.9. The molecule has 0 atom stereocenters. The first-order valence-electron chi connectivity index (χ1n) is 9.97. The Morgan fingerprint density at radius 1 is 1.06 bits per heavy atom. The Hall–Kier alpha value is -3.68. The van der Waals surface area contributed by atoms with Gasteiger partial charge in [-0.15, -0.1) is 0 Å². The van der Waals surface area contributed by atoms with E-state index in [0.29, 0.717) is 27.4 Å². The van der Waals surface area contributed by atoms with E-state index < -0.39 is 0 Å². The number of benzene rings is 2. The Labute approximate surface area is 200 Å². The topological polar surface area (TPSA) is 89.0 Å². The third-order valence-electron chi connectivity index (χ3n) is 4.63. The van der Waals surface area contributed by atoms with Crippen LogP contribution in [0.5, 0.6) is 5.75 Å². The fourth-order valence-corrected chi connectivity index (χ4v) is 3.44. The minimum atomic E-state index is -0.328. The van der Waals surface area contributed by atoms with Crippen LogP contribution in [0.3, 0.4) is 0 Å². The van der Waals surface area contributed by atoms with Crippen molar-refractivity contribution >= 4 is 46.4 Å². The van der Waals surface area contributed by atoms with Crippen LogP contribution in [0.4, 0.5) is 17.3 Å². The van der Waals surface area contributed by atoms with E-state index in [4.69, 9.17) is 27.9 Å². The number of carbonyl (C=O) groups is 1. The first kappa shape index (κ1) is 22.5. The number of pyridine rings is 1. The van der Waals surface area contributed by atoms with Crippen LogP contribution in [0, 0.1) is 6.92 Å². The maximum Gasteiger partial charge on any atom is 0.262 e. The third-order valence-corrected chi connectivity index (χ3v) is 5.16. The van der Waals surface area contributed by atoms with E-state index in [1.807, 2.05) is 37.3 Å². The average molecular weight is 480 g/mol. The Kier molecular flexibility index (Phi) is 7.02. The smallest absolute Gasteiger partial charge is 0.262 e. The first-order valence-corrected chi connectivity index (χ1v) is 10.7. The molecule has 1 amide bonds. The highest BCUT2D eigenvalue weighted by atomic mass is 35.5. The first-order chi connectivity index (χ1) is 16.0. The highest BCUT2D eigenvalue weighted by molar-refractivity contribution is 6.35. The van der Waals surface area contributed by atoms with Crippen LogP contribution >= 0.6 is 23.2 Å². The van der Waals surface area contributed by atoms with E-state index >= 15 is 0 Å². The molecule has 0 radical (unpaired) electrons. The molecule has 0 saturated heterocycles. The van der Waals surface area contributed by atoms with Crippen LogP contribution in [-0.2, 0) is 4.79 Å². The second-order valence-electron chi connectivity index (χ2n) is 7.07. The fraction of sp³-hybridized carbons (Fsp3) is 0.0833. The Balaban J connectivity index is 1.43. The van der Waals surface area contributed by atoms with Crippen LogP contribution in [-0.4, -0.2) is 27.5 Å². The molecule has 166 valence electrons. The molecule has 0 aliphatic heterocycles. The predicted molar refractivity (Wildman–Crippen MR) is 130 cm³/mol. The zero-order chi connectivity index (χ0) is 23.2. The average Bonchev–Trinajstić information content (AvgIpc) is 2.81. The van der Waals surface area contributed by atoms with Gasteiger partial charge in [0, 0.05) is 40.6 Å². The van der Waals surface area contributed by atoms with Crippen LogP contribution in [0.1, 0.15) is 5.56 Å². The molecule has 2 N–H and O–H groups in total. The lowest BCUT2D eigenvalue weighted by Crippen LogP contribution is -2.20. The summed E-state index contributed by atoms with van der Waals surface area (Å²) in [6.45, 7) is 1.75. The van der Waals surface area contributed by atoms with E-state index in [9.17, 15) is 4.79 Å². The summed E-state index contributed by atoms with van der Waals surface area (Å²) in [5.74, 6) is 0.488. The fourth-order valence-electron chi connectivity index (χ4n) is 2.98. The van der Waals surface area contributed by atoms with Crippen molar-refractivity contribution in [3.63, 3.8) is 0 Å². The van der Waals surface area contributed by atoms with E-state index in [2.05, 4.69) is 25.6 Å². The molecule has 4 aromatic rings. The third kappa shape index (κ3) is 5.97. The lowest BCUT2D eigenvalue weighted by Gasteiger charge is -2.13. The van der Waals surface area contributed by atoms with Gasteiger partial charge in [0.05, 0.1) is 10.7 Å². The molecule has 0 aliphatic rings. The Morgan fingerprint density at radius 3 is 2.73 bits per heavy atom. The number of hydrogen-bond acceptors (Lipinski definition) is 6. The van der Waals surface area contributed by atoms with Gasteiger partial charge < -0.3 is 15.4 Å². The SMILES string of the molecule is Cc1ccc(NC(=O)COc2ccc(Cl)cc2Cl)cc1Nc1nccc(-c2cccnc2)n1. The number of nitrogens with one attached hydrogen (secondary N) is 2. The van der Waals surface area contributed by atoms with E-state index in [0.717, 1.165) is 22.5 Å². The second kappa shape index (κ2) is 10.3. The molecule has 2 heterocycles. The van der Waals surface area contributed by atoms with Crippen molar-refractivity contribution in [3.8, 4) is 17.0 Å². The van der Waals surface area contributed by atoms with Gasteiger partial charge in [-0.1, -0.05) is 29.3 Å². The van der Waals surface area contributed by atoms with Crippen LogP contribution in [0.25, 0.3) is 11.3 Å². The van der Waals surface area contributed by atoms with Crippen LogP contribution in [0.2, 0.25) is 10.0 Å². The number of carbonyl (C=O) groups excluding carboxylic acids is 1. The summed E-state index contributed by atoms with van der Waals surface area (Å²) in [5, 5.41) is 6.85. The number of halogens is 2. The van der Waals surface area contributed by atoms with E-state index in [1.165, 1.54) is 0 Å². The minimum Gasteiger partial charge on any atom is -0.482 e. The molecular formula is C24H19Cl2N5O2. The van der Waals surface area contributed by atoms with Crippen molar-refractivity contribution < 1.29 is 9.53 Å². The van der Waals surface area contributed by atoms with Gasteiger partial charge in [-0.05, 0) is 61.0 Å². The van der Waals surface area contributed by atoms with Gasteiger partial charge in [-0.25, -0.2) is 9.97 Å². The molecule has 0 unspecified atom stereocenters. The maximum absolute atomic E-state index is 12.4. The van der Waals surface area contributed by atoms with Gasteiger partial charge >= 0.3 is 0 Å². The molecule has 9 heteroatoms. The van der Waals surface area contributed by atoms with Crippen molar-refractivity contribution in [1.29, 1.82) is 0 Å². The molecule has 33 heavy (non-hydrogen) atoms. The summed E-state index contributed by atoms with van der Waals surface area (Å²) in [6.07, 6.45) is 5.13. The van der Waals surface area contributed by atoms with Gasteiger partial charge in [0.1, 0.15) is 5.75 Å². The molecule has 2 aromatic carbocycles. The lowest BCUT2D eigenvalue weighted by molar-refractivity contribution is -0.118. The second-order valence-corrected chi connectivity index (χ2v) is 7.92. The zero-order valence-corrected chi connectivity index (χ0v) is 19.1. The molecule has 0 bridgehead atoms. The molecule has 0 fully saturated rings. The summed E-state index contributed by atoms with van der Waals surface area (Å²) in [4.78, 5) is 25.3. The maximum atomic E-state index is 12.4. The highest BCUT2D eigenvalue weighted by Gasteiger charge is 2.10. The highest BCUT2D eigenvalue weighted by Crippen LogP contribution is 2.28. The molecule has 2 aromatic heterocycles. The van der Waals surface area contributed by atoms with Crippen molar-refractivity contribution in [2.24, 2.45) is 0 Å². The number of aryl methyl sites for hydroxylation is 1. The summed E-state index contributed by atoms with van der Waals surface area (Å²) < 4.78 is 5.49. The molecule has 0 aliphatic carbocycles. The number of hydrogen-bond donors (Lipinski definition) is 2. The molecule has 0 spiro atoms.